The van der Waals surface area contributed by atoms with Crippen molar-refractivity contribution in [1.82, 2.24) is 5.32 Å². The number of hydrogen-bond acceptors (Lipinski definition) is 3. The monoisotopic (exact) mass is 381 g/mol. The zero-order chi connectivity index (χ0) is 20.2. The third kappa shape index (κ3) is 5.39. The van der Waals surface area contributed by atoms with Crippen molar-refractivity contribution < 1.29 is 27.4 Å². The lowest BCUT2D eigenvalue weighted by Crippen LogP contribution is -2.27. The fourth-order valence-corrected chi connectivity index (χ4v) is 2.51. The first-order valence-corrected chi connectivity index (χ1v) is 8.44. The number of benzene rings is 2. The highest BCUT2D eigenvalue weighted by Crippen LogP contribution is 2.31. The zero-order valence-corrected chi connectivity index (χ0v) is 15.6. The van der Waals surface area contributed by atoms with Crippen molar-refractivity contribution >= 4 is 5.91 Å². The van der Waals surface area contributed by atoms with E-state index in [0.29, 0.717) is 22.6 Å². The van der Waals surface area contributed by atoms with Gasteiger partial charge in [0.05, 0.1) is 24.8 Å². The van der Waals surface area contributed by atoms with E-state index in [2.05, 4.69) is 5.32 Å². The Morgan fingerprint density at radius 1 is 1.04 bits per heavy atom. The summed E-state index contributed by atoms with van der Waals surface area (Å²) in [4.78, 5) is 12.5. The second-order valence-corrected chi connectivity index (χ2v) is 6.35. The van der Waals surface area contributed by atoms with Crippen LogP contribution in [-0.2, 0) is 6.18 Å². The molecule has 4 nitrogen and oxygen atoms in total. The molecule has 0 aliphatic heterocycles. The maximum Gasteiger partial charge on any atom is 0.416 e. The summed E-state index contributed by atoms with van der Waals surface area (Å²) in [5.74, 6) is 0.493. The lowest BCUT2D eigenvalue weighted by Gasteiger charge is -2.17. The van der Waals surface area contributed by atoms with Gasteiger partial charge in [-0.05, 0) is 56.7 Å². The zero-order valence-electron chi connectivity index (χ0n) is 15.6. The van der Waals surface area contributed by atoms with Crippen molar-refractivity contribution in [3.63, 3.8) is 0 Å². The molecule has 2 aromatic carbocycles. The van der Waals surface area contributed by atoms with Gasteiger partial charge in [-0.2, -0.15) is 13.2 Å². The van der Waals surface area contributed by atoms with Crippen LogP contribution in [0.5, 0.6) is 11.5 Å². The maximum atomic E-state index is 12.9. The number of methoxy groups -OCH3 is 1. The molecule has 2 rings (SSSR count). The van der Waals surface area contributed by atoms with Crippen LogP contribution in [0, 0.1) is 0 Å². The van der Waals surface area contributed by atoms with Gasteiger partial charge < -0.3 is 14.8 Å². The van der Waals surface area contributed by atoms with Crippen LogP contribution >= 0.6 is 0 Å². The third-order valence-electron chi connectivity index (χ3n) is 3.85. The number of nitrogens with one attached hydrogen (secondary N) is 1. The Morgan fingerprint density at radius 2 is 1.74 bits per heavy atom. The largest absolute Gasteiger partial charge is 0.493 e. The quantitative estimate of drug-likeness (QED) is 0.767. The van der Waals surface area contributed by atoms with E-state index in [1.165, 1.54) is 19.2 Å². The lowest BCUT2D eigenvalue weighted by atomic mass is 10.0. The minimum Gasteiger partial charge on any atom is -0.493 e. The standard InChI is InChI=1S/C20H22F3NO3/c1-12(2)27-17-9-8-15(11-18(17)26-4)19(25)24-13(3)14-6-5-7-16(10-14)20(21,22)23/h5-13H,1-4H3,(H,24,25). The number of ether oxygens (including phenoxy) is 2. The summed E-state index contributed by atoms with van der Waals surface area (Å²) in [5.41, 5.74) is -0.0651. The van der Waals surface area contributed by atoms with Crippen LogP contribution in [0.1, 0.15) is 48.3 Å². The molecule has 7 heteroatoms. The van der Waals surface area contributed by atoms with E-state index >= 15 is 0 Å². The summed E-state index contributed by atoms with van der Waals surface area (Å²) in [6, 6.07) is 9.03. The minimum absolute atomic E-state index is 0.0560. The van der Waals surface area contributed by atoms with E-state index in [4.69, 9.17) is 9.47 Å². The van der Waals surface area contributed by atoms with E-state index in [1.807, 2.05) is 13.8 Å². The van der Waals surface area contributed by atoms with Gasteiger partial charge in [0, 0.05) is 5.56 Å². The number of rotatable bonds is 6. The van der Waals surface area contributed by atoms with Gasteiger partial charge in [-0.15, -0.1) is 0 Å². The van der Waals surface area contributed by atoms with E-state index in [1.54, 1.807) is 25.1 Å². The molecule has 2 aromatic rings. The van der Waals surface area contributed by atoms with Crippen molar-refractivity contribution in [2.24, 2.45) is 0 Å². The highest BCUT2D eigenvalue weighted by atomic mass is 19.4. The summed E-state index contributed by atoms with van der Waals surface area (Å²) in [6.45, 7) is 5.37. The number of halogens is 3. The first-order chi connectivity index (χ1) is 12.6. The predicted molar refractivity (Wildman–Crippen MR) is 96.1 cm³/mol. The molecule has 0 saturated heterocycles. The van der Waals surface area contributed by atoms with Gasteiger partial charge in [0.2, 0.25) is 0 Å². The minimum atomic E-state index is -4.43. The van der Waals surface area contributed by atoms with Crippen molar-refractivity contribution in [3.05, 3.63) is 59.2 Å². The van der Waals surface area contributed by atoms with Crippen LogP contribution < -0.4 is 14.8 Å². The van der Waals surface area contributed by atoms with Crippen molar-refractivity contribution in [3.8, 4) is 11.5 Å². The molecule has 27 heavy (non-hydrogen) atoms. The molecule has 146 valence electrons. The number of carbonyl (C=O) groups is 1. The molecule has 0 aliphatic carbocycles. The number of alkyl halides is 3. The van der Waals surface area contributed by atoms with Crippen LogP contribution in [0.4, 0.5) is 13.2 Å². The summed E-state index contributed by atoms with van der Waals surface area (Å²) in [7, 11) is 1.47. The molecule has 0 radical (unpaired) electrons. The fourth-order valence-electron chi connectivity index (χ4n) is 2.51. The van der Waals surface area contributed by atoms with Crippen LogP contribution in [0.2, 0.25) is 0 Å². The number of amides is 1. The van der Waals surface area contributed by atoms with Crippen LogP contribution in [-0.4, -0.2) is 19.1 Å². The normalized spacial score (nSPS) is 12.6. The molecule has 0 aromatic heterocycles. The van der Waals surface area contributed by atoms with Crippen LogP contribution in [0.3, 0.4) is 0 Å². The molecule has 0 bridgehead atoms. The topological polar surface area (TPSA) is 47.6 Å². The molecular formula is C20H22F3NO3. The van der Waals surface area contributed by atoms with Crippen LogP contribution in [0.15, 0.2) is 42.5 Å². The van der Waals surface area contributed by atoms with Gasteiger partial charge in [-0.1, -0.05) is 12.1 Å². The van der Waals surface area contributed by atoms with Crippen LogP contribution in [0.25, 0.3) is 0 Å². The first kappa shape index (κ1) is 20.6. The molecule has 0 aliphatic rings. The van der Waals surface area contributed by atoms with Gasteiger partial charge in [0.1, 0.15) is 0 Å². The number of hydrogen-bond donors (Lipinski definition) is 1. The third-order valence-corrected chi connectivity index (χ3v) is 3.85. The van der Waals surface area contributed by atoms with Gasteiger partial charge in [0.15, 0.2) is 11.5 Å². The molecule has 0 heterocycles. The number of carbonyl (C=O) groups excluding carboxylic acids is 1. The Hall–Kier alpha value is -2.70. The summed E-state index contributed by atoms with van der Waals surface area (Å²) >= 11 is 0. The average Bonchev–Trinajstić information content (AvgIpc) is 2.60. The molecule has 1 amide bonds. The first-order valence-electron chi connectivity index (χ1n) is 8.44. The Labute approximate surface area is 156 Å². The molecule has 1 unspecified atom stereocenters. The Morgan fingerprint density at radius 3 is 2.33 bits per heavy atom. The maximum absolute atomic E-state index is 12.9. The van der Waals surface area contributed by atoms with Gasteiger partial charge in [-0.25, -0.2) is 0 Å². The summed E-state index contributed by atoms with van der Waals surface area (Å²) in [6.07, 6.45) is -4.49. The highest BCUT2D eigenvalue weighted by molar-refractivity contribution is 5.95. The predicted octanol–water partition coefficient (Wildman–Crippen LogP) is 4.99. The Balaban J connectivity index is 2.17. The smallest absolute Gasteiger partial charge is 0.416 e. The molecule has 0 saturated carbocycles. The Kier molecular flexibility index (Phi) is 6.36. The second kappa shape index (κ2) is 8.33. The molecule has 1 atom stereocenters. The van der Waals surface area contributed by atoms with Gasteiger partial charge >= 0.3 is 6.18 Å². The van der Waals surface area contributed by atoms with Gasteiger partial charge in [-0.3, -0.25) is 4.79 Å². The molecule has 0 spiro atoms. The Bertz CT molecular complexity index is 803. The van der Waals surface area contributed by atoms with Gasteiger partial charge in [0.25, 0.3) is 5.91 Å². The van der Waals surface area contributed by atoms with E-state index in [-0.39, 0.29) is 6.10 Å². The molecular weight excluding hydrogens is 359 g/mol. The lowest BCUT2D eigenvalue weighted by molar-refractivity contribution is -0.137. The second-order valence-electron chi connectivity index (χ2n) is 6.35. The molecule has 0 fully saturated rings. The fraction of sp³-hybridized carbons (Fsp3) is 0.350. The summed E-state index contributed by atoms with van der Waals surface area (Å²) < 4.78 is 49.4. The highest BCUT2D eigenvalue weighted by Gasteiger charge is 2.30. The van der Waals surface area contributed by atoms with E-state index < -0.39 is 23.7 Å². The average molecular weight is 381 g/mol. The van der Waals surface area contributed by atoms with E-state index in [0.717, 1.165) is 12.1 Å². The van der Waals surface area contributed by atoms with Crippen molar-refractivity contribution in [2.75, 3.05) is 7.11 Å². The SMILES string of the molecule is COc1cc(C(=O)NC(C)c2cccc(C(F)(F)F)c2)ccc1OC(C)C. The van der Waals surface area contributed by atoms with E-state index in [9.17, 15) is 18.0 Å². The van der Waals surface area contributed by atoms with Crippen molar-refractivity contribution in [1.29, 1.82) is 0 Å². The molecule has 1 N–H and O–H groups in total. The summed E-state index contributed by atoms with van der Waals surface area (Å²) in [5, 5.41) is 2.70. The van der Waals surface area contributed by atoms with Crippen molar-refractivity contribution in [2.45, 2.75) is 39.1 Å².